The fraction of sp³-hybridized carbons (Fsp3) is 0.333. The van der Waals surface area contributed by atoms with Crippen molar-refractivity contribution in [1.82, 2.24) is 14.6 Å². The maximum atomic E-state index is 9.64. The van der Waals surface area contributed by atoms with Gasteiger partial charge in [0.2, 0.25) is 0 Å². The van der Waals surface area contributed by atoms with Gasteiger partial charge >= 0.3 is 0 Å². The summed E-state index contributed by atoms with van der Waals surface area (Å²) < 4.78 is 1.88. The first-order valence-corrected chi connectivity index (χ1v) is 7.80. The van der Waals surface area contributed by atoms with Gasteiger partial charge in [0, 0.05) is 31.4 Å². The van der Waals surface area contributed by atoms with Gasteiger partial charge in [-0.1, -0.05) is 26.0 Å². The van der Waals surface area contributed by atoms with Crippen LogP contribution in [0.3, 0.4) is 0 Å². The second-order valence-electron chi connectivity index (χ2n) is 6.28. The quantitative estimate of drug-likeness (QED) is 0.801. The average molecular weight is 310 g/mol. The van der Waals surface area contributed by atoms with Crippen LogP contribution in [0.15, 0.2) is 36.4 Å². The highest BCUT2D eigenvalue weighted by Crippen LogP contribution is 2.23. The minimum atomic E-state index is 0.286. The fourth-order valence-corrected chi connectivity index (χ4v) is 2.67. The Bertz CT molecular complexity index is 838. The van der Waals surface area contributed by atoms with E-state index in [2.05, 4.69) is 29.9 Å². The molecule has 1 aromatic carbocycles. The number of hydrogen-bond donors (Lipinski definition) is 1. The van der Waals surface area contributed by atoms with Crippen LogP contribution in [0.2, 0.25) is 0 Å². The van der Waals surface area contributed by atoms with Gasteiger partial charge in [-0.15, -0.1) is 0 Å². The number of aromatic hydroxyl groups is 1. The van der Waals surface area contributed by atoms with Gasteiger partial charge in [-0.3, -0.25) is 0 Å². The Morgan fingerprint density at radius 1 is 1.22 bits per heavy atom. The summed E-state index contributed by atoms with van der Waals surface area (Å²) >= 11 is 0. The lowest BCUT2D eigenvalue weighted by Gasteiger charge is -2.21. The predicted octanol–water partition coefficient (Wildman–Crippen LogP) is 3.50. The predicted molar refractivity (Wildman–Crippen MR) is 92.0 cm³/mol. The number of hydrogen-bond acceptors (Lipinski definition) is 4. The molecule has 0 aliphatic carbocycles. The van der Waals surface area contributed by atoms with E-state index in [-0.39, 0.29) is 5.75 Å². The molecule has 5 heteroatoms. The van der Waals surface area contributed by atoms with Crippen LogP contribution in [0, 0.1) is 6.92 Å². The number of aromatic nitrogens is 3. The molecule has 0 amide bonds. The molecule has 1 N–H and O–H groups in total. The number of anilines is 1. The summed E-state index contributed by atoms with van der Waals surface area (Å²) in [5, 5.41) is 14.2. The topological polar surface area (TPSA) is 53.7 Å². The van der Waals surface area contributed by atoms with Gasteiger partial charge in [0.1, 0.15) is 11.6 Å². The second kappa shape index (κ2) is 5.91. The van der Waals surface area contributed by atoms with Crippen molar-refractivity contribution in [2.75, 3.05) is 11.9 Å². The number of fused-ring (bicyclic) bond motifs is 1. The minimum Gasteiger partial charge on any atom is -0.508 e. The van der Waals surface area contributed by atoms with Gasteiger partial charge in [-0.25, -0.2) is 4.98 Å². The third-order valence-electron chi connectivity index (χ3n) is 3.86. The van der Waals surface area contributed by atoms with Crippen LogP contribution in [0.25, 0.3) is 5.65 Å². The summed E-state index contributed by atoms with van der Waals surface area (Å²) in [5.74, 6) is 1.63. The van der Waals surface area contributed by atoms with Gasteiger partial charge in [-0.2, -0.15) is 9.61 Å². The molecule has 0 atom stereocenters. The average Bonchev–Trinajstić information content (AvgIpc) is 2.86. The number of rotatable bonds is 4. The van der Waals surface area contributed by atoms with Crippen molar-refractivity contribution in [2.45, 2.75) is 33.2 Å². The van der Waals surface area contributed by atoms with Gasteiger partial charge in [0.15, 0.2) is 5.65 Å². The lowest BCUT2D eigenvalue weighted by molar-refractivity contribution is 0.474. The number of nitrogens with zero attached hydrogens (tertiary/aromatic N) is 4. The third-order valence-corrected chi connectivity index (χ3v) is 3.86. The molecular weight excluding hydrogens is 288 g/mol. The Morgan fingerprint density at radius 2 is 2.00 bits per heavy atom. The van der Waals surface area contributed by atoms with E-state index >= 15 is 0 Å². The van der Waals surface area contributed by atoms with Crippen LogP contribution >= 0.6 is 0 Å². The molecule has 3 aromatic rings. The Morgan fingerprint density at radius 3 is 2.70 bits per heavy atom. The Hall–Kier alpha value is -2.56. The molecule has 0 saturated heterocycles. The molecule has 0 bridgehead atoms. The van der Waals surface area contributed by atoms with E-state index in [0.29, 0.717) is 12.5 Å². The first-order valence-electron chi connectivity index (χ1n) is 7.80. The molecule has 2 heterocycles. The maximum absolute atomic E-state index is 9.64. The Kier molecular flexibility index (Phi) is 3.94. The molecule has 23 heavy (non-hydrogen) atoms. The standard InChI is InChI=1S/C18H22N4O/c1-12(2)16-10-18(22-17(19-16)8-13(3)20-22)21(4)11-14-6-5-7-15(23)9-14/h5-10,12,23H,11H2,1-4H3. The van der Waals surface area contributed by atoms with E-state index < -0.39 is 0 Å². The number of phenols is 1. The van der Waals surface area contributed by atoms with Crippen molar-refractivity contribution in [3.05, 3.63) is 53.3 Å². The molecule has 2 aromatic heterocycles. The van der Waals surface area contributed by atoms with Crippen molar-refractivity contribution in [2.24, 2.45) is 0 Å². The van der Waals surface area contributed by atoms with E-state index in [1.807, 2.05) is 36.7 Å². The first-order chi connectivity index (χ1) is 10.9. The number of benzene rings is 1. The second-order valence-corrected chi connectivity index (χ2v) is 6.28. The monoisotopic (exact) mass is 310 g/mol. The van der Waals surface area contributed by atoms with Crippen molar-refractivity contribution in [3.63, 3.8) is 0 Å². The molecule has 0 fully saturated rings. The van der Waals surface area contributed by atoms with E-state index in [9.17, 15) is 5.11 Å². The molecular formula is C18H22N4O. The Balaban J connectivity index is 2.03. The zero-order chi connectivity index (χ0) is 16.6. The van der Waals surface area contributed by atoms with Gasteiger partial charge in [0.25, 0.3) is 0 Å². The fourth-order valence-electron chi connectivity index (χ4n) is 2.67. The van der Waals surface area contributed by atoms with Gasteiger partial charge < -0.3 is 10.0 Å². The lowest BCUT2D eigenvalue weighted by Crippen LogP contribution is -2.20. The summed E-state index contributed by atoms with van der Waals surface area (Å²) in [6, 6.07) is 11.4. The molecule has 0 unspecified atom stereocenters. The molecule has 3 rings (SSSR count). The third kappa shape index (κ3) is 3.13. The summed E-state index contributed by atoms with van der Waals surface area (Å²) in [5.41, 5.74) is 3.92. The zero-order valence-corrected chi connectivity index (χ0v) is 14.0. The minimum absolute atomic E-state index is 0.286. The molecule has 0 saturated carbocycles. The van der Waals surface area contributed by atoms with E-state index in [0.717, 1.165) is 28.4 Å². The zero-order valence-electron chi connectivity index (χ0n) is 14.0. The largest absolute Gasteiger partial charge is 0.508 e. The van der Waals surface area contributed by atoms with Crippen LogP contribution in [-0.4, -0.2) is 26.8 Å². The van der Waals surface area contributed by atoms with Crippen LogP contribution < -0.4 is 4.90 Å². The highest BCUT2D eigenvalue weighted by Gasteiger charge is 2.14. The van der Waals surface area contributed by atoms with Crippen LogP contribution in [0.4, 0.5) is 5.82 Å². The molecule has 0 spiro atoms. The number of aryl methyl sites for hydroxylation is 1. The summed E-state index contributed by atoms with van der Waals surface area (Å²) in [6.07, 6.45) is 0. The summed E-state index contributed by atoms with van der Waals surface area (Å²) in [7, 11) is 2.03. The van der Waals surface area contributed by atoms with E-state index in [4.69, 9.17) is 4.98 Å². The Labute approximate surface area is 136 Å². The van der Waals surface area contributed by atoms with Crippen LogP contribution in [-0.2, 0) is 6.54 Å². The van der Waals surface area contributed by atoms with Crippen molar-refractivity contribution < 1.29 is 5.11 Å². The molecule has 120 valence electrons. The normalized spacial score (nSPS) is 11.3. The van der Waals surface area contributed by atoms with Crippen LogP contribution in [0.1, 0.15) is 36.7 Å². The van der Waals surface area contributed by atoms with Crippen molar-refractivity contribution in [1.29, 1.82) is 0 Å². The molecule has 0 radical (unpaired) electrons. The van der Waals surface area contributed by atoms with E-state index in [1.165, 1.54) is 0 Å². The van der Waals surface area contributed by atoms with Crippen molar-refractivity contribution >= 4 is 11.5 Å². The number of phenolic OH excluding ortho intramolecular Hbond substituents is 1. The van der Waals surface area contributed by atoms with E-state index in [1.54, 1.807) is 12.1 Å². The molecule has 0 aliphatic rings. The molecule has 0 aliphatic heterocycles. The SMILES string of the molecule is Cc1cc2nc(C(C)C)cc(N(C)Cc3cccc(O)c3)n2n1. The highest BCUT2D eigenvalue weighted by molar-refractivity contribution is 5.52. The summed E-state index contributed by atoms with van der Waals surface area (Å²) in [4.78, 5) is 6.82. The van der Waals surface area contributed by atoms with Crippen LogP contribution in [0.5, 0.6) is 5.75 Å². The maximum Gasteiger partial charge on any atom is 0.157 e. The van der Waals surface area contributed by atoms with Gasteiger partial charge in [0.05, 0.1) is 5.69 Å². The van der Waals surface area contributed by atoms with Crippen molar-refractivity contribution in [3.8, 4) is 5.75 Å². The van der Waals surface area contributed by atoms with Gasteiger partial charge in [-0.05, 0) is 30.5 Å². The summed E-state index contributed by atoms with van der Waals surface area (Å²) in [6.45, 7) is 6.94. The smallest absolute Gasteiger partial charge is 0.157 e. The molecule has 5 nitrogen and oxygen atoms in total. The first kappa shape index (κ1) is 15.3. The highest BCUT2D eigenvalue weighted by atomic mass is 16.3. The lowest BCUT2D eigenvalue weighted by atomic mass is 10.1.